The zero-order valence-corrected chi connectivity index (χ0v) is 18.9. The van der Waals surface area contributed by atoms with Gasteiger partial charge in [0, 0.05) is 23.9 Å². The molecule has 1 amide bonds. The first kappa shape index (κ1) is 23.4. The molecule has 1 heterocycles. The van der Waals surface area contributed by atoms with Crippen LogP contribution < -0.4 is 24.2 Å². The number of benzene rings is 3. The number of hydrogen-bond donors (Lipinski definition) is 2. The number of halogens is 1. The van der Waals surface area contributed by atoms with Crippen LogP contribution in [0.3, 0.4) is 0 Å². The molecule has 8 nitrogen and oxygen atoms in total. The molecule has 0 atom stereocenters. The molecule has 0 fully saturated rings. The SMILES string of the molecule is O=C(NCCCOc1ccc(F)cc1)c1cccc(NS(=O)(=O)c2ccc3c(c2)OCCO3)c1. The second-order valence-corrected chi connectivity index (χ2v) is 9.09. The Morgan fingerprint density at radius 3 is 2.53 bits per heavy atom. The van der Waals surface area contributed by atoms with Gasteiger partial charge >= 0.3 is 0 Å². The minimum absolute atomic E-state index is 0.0211. The van der Waals surface area contributed by atoms with E-state index in [0.717, 1.165) is 0 Å². The lowest BCUT2D eigenvalue weighted by molar-refractivity contribution is 0.0951. The molecule has 0 aliphatic carbocycles. The monoisotopic (exact) mass is 486 g/mol. The van der Waals surface area contributed by atoms with E-state index in [1.165, 1.54) is 42.5 Å². The number of nitrogens with one attached hydrogen (secondary N) is 2. The Kier molecular flexibility index (Phi) is 7.17. The molecule has 0 spiro atoms. The van der Waals surface area contributed by atoms with Crippen molar-refractivity contribution >= 4 is 21.6 Å². The molecule has 0 bridgehead atoms. The summed E-state index contributed by atoms with van der Waals surface area (Å²) in [5, 5.41) is 2.76. The van der Waals surface area contributed by atoms with Gasteiger partial charge in [-0.15, -0.1) is 0 Å². The lowest BCUT2D eigenvalue weighted by Gasteiger charge is -2.19. The van der Waals surface area contributed by atoms with Gasteiger partial charge < -0.3 is 19.5 Å². The third-order valence-corrected chi connectivity index (χ3v) is 6.27. The van der Waals surface area contributed by atoms with Gasteiger partial charge in [0.15, 0.2) is 11.5 Å². The van der Waals surface area contributed by atoms with Crippen molar-refractivity contribution in [3.63, 3.8) is 0 Å². The van der Waals surface area contributed by atoms with E-state index in [4.69, 9.17) is 14.2 Å². The molecule has 3 aromatic rings. The van der Waals surface area contributed by atoms with Crippen LogP contribution in [-0.2, 0) is 10.0 Å². The Bertz CT molecular complexity index is 1260. The second kappa shape index (κ2) is 10.4. The van der Waals surface area contributed by atoms with Crippen LogP contribution >= 0.6 is 0 Å². The lowest BCUT2D eigenvalue weighted by Crippen LogP contribution is -2.25. The average molecular weight is 487 g/mol. The summed E-state index contributed by atoms with van der Waals surface area (Å²) in [7, 11) is -3.90. The van der Waals surface area contributed by atoms with E-state index in [9.17, 15) is 17.6 Å². The van der Waals surface area contributed by atoms with Gasteiger partial charge in [-0.05, 0) is 61.0 Å². The Hall–Kier alpha value is -3.79. The highest BCUT2D eigenvalue weighted by molar-refractivity contribution is 7.92. The fourth-order valence-electron chi connectivity index (χ4n) is 3.23. The maximum Gasteiger partial charge on any atom is 0.262 e. The summed E-state index contributed by atoms with van der Waals surface area (Å²) in [5.74, 6) is 0.723. The summed E-state index contributed by atoms with van der Waals surface area (Å²) < 4.78 is 57.3. The number of carbonyl (C=O) groups excluding carboxylic acids is 1. The summed E-state index contributed by atoms with van der Waals surface area (Å²) in [6, 6.07) is 16.3. The van der Waals surface area contributed by atoms with Crippen molar-refractivity contribution in [1.29, 1.82) is 0 Å². The fourth-order valence-corrected chi connectivity index (χ4v) is 4.29. The zero-order chi connectivity index (χ0) is 24.0. The quantitative estimate of drug-likeness (QED) is 0.448. The maximum absolute atomic E-state index is 12.9. The first-order valence-corrected chi connectivity index (χ1v) is 12.1. The van der Waals surface area contributed by atoms with E-state index in [1.54, 1.807) is 24.3 Å². The Morgan fingerprint density at radius 2 is 1.74 bits per heavy atom. The van der Waals surface area contributed by atoms with Gasteiger partial charge in [-0.25, -0.2) is 12.8 Å². The molecule has 0 aromatic heterocycles. The number of amides is 1. The summed E-state index contributed by atoms with van der Waals surface area (Å²) >= 11 is 0. The van der Waals surface area contributed by atoms with Crippen molar-refractivity contribution in [3.05, 3.63) is 78.1 Å². The molecule has 34 heavy (non-hydrogen) atoms. The highest BCUT2D eigenvalue weighted by Crippen LogP contribution is 2.32. The van der Waals surface area contributed by atoms with Gasteiger partial charge in [-0.1, -0.05) is 6.07 Å². The number of carbonyl (C=O) groups is 1. The van der Waals surface area contributed by atoms with Crippen LogP contribution in [0.1, 0.15) is 16.8 Å². The fraction of sp³-hybridized carbons (Fsp3) is 0.208. The molecular weight excluding hydrogens is 463 g/mol. The smallest absolute Gasteiger partial charge is 0.262 e. The minimum atomic E-state index is -3.90. The van der Waals surface area contributed by atoms with E-state index in [0.29, 0.717) is 55.6 Å². The van der Waals surface area contributed by atoms with Crippen LogP contribution in [0.25, 0.3) is 0 Å². The van der Waals surface area contributed by atoms with Crippen molar-refractivity contribution < 1.29 is 31.8 Å². The largest absolute Gasteiger partial charge is 0.494 e. The predicted octanol–water partition coefficient (Wildman–Crippen LogP) is 3.60. The number of anilines is 1. The molecule has 1 aliphatic heterocycles. The second-order valence-electron chi connectivity index (χ2n) is 7.40. The number of rotatable bonds is 9. The summed E-state index contributed by atoms with van der Waals surface area (Å²) in [6.45, 7) is 1.46. The number of sulfonamides is 1. The summed E-state index contributed by atoms with van der Waals surface area (Å²) in [4.78, 5) is 12.5. The molecule has 0 radical (unpaired) electrons. The van der Waals surface area contributed by atoms with Crippen LogP contribution in [0.15, 0.2) is 71.6 Å². The minimum Gasteiger partial charge on any atom is -0.494 e. The van der Waals surface area contributed by atoms with E-state index in [2.05, 4.69) is 10.0 Å². The number of fused-ring (bicyclic) bond motifs is 1. The van der Waals surface area contributed by atoms with Crippen LogP contribution in [0.4, 0.5) is 10.1 Å². The van der Waals surface area contributed by atoms with Crippen LogP contribution in [-0.4, -0.2) is 40.7 Å². The van der Waals surface area contributed by atoms with Crippen molar-refractivity contribution in [2.75, 3.05) is 31.1 Å². The molecule has 3 aromatic carbocycles. The third-order valence-electron chi connectivity index (χ3n) is 4.89. The Balaban J connectivity index is 1.31. The Labute approximate surface area is 196 Å². The van der Waals surface area contributed by atoms with Gasteiger partial charge in [0.1, 0.15) is 24.8 Å². The summed E-state index contributed by atoms with van der Waals surface area (Å²) in [5.41, 5.74) is 0.559. The molecule has 0 unspecified atom stereocenters. The van der Waals surface area contributed by atoms with Crippen LogP contribution in [0, 0.1) is 5.82 Å². The van der Waals surface area contributed by atoms with Gasteiger partial charge in [-0.2, -0.15) is 0 Å². The lowest BCUT2D eigenvalue weighted by atomic mass is 10.2. The molecule has 10 heteroatoms. The normalized spacial score (nSPS) is 12.6. The van der Waals surface area contributed by atoms with Gasteiger partial charge in [0.2, 0.25) is 0 Å². The van der Waals surface area contributed by atoms with Gasteiger partial charge in [0.25, 0.3) is 15.9 Å². The molecule has 178 valence electrons. The molecule has 2 N–H and O–H groups in total. The van der Waals surface area contributed by atoms with Crippen LogP contribution in [0.5, 0.6) is 17.2 Å². The molecule has 1 aliphatic rings. The van der Waals surface area contributed by atoms with E-state index < -0.39 is 10.0 Å². The van der Waals surface area contributed by atoms with Crippen molar-refractivity contribution in [1.82, 2.24) is 5.32 Å². The highest BCUT2D eigenvalue weighted by Gasteiger charge is 2.20. The van der Waals surface area contributed by atoms with Crippen molar-refractivity contribution in [3.8, 4) is 17.2 Å². The standard InChI is InChI=1S/C24H23FN2O6S/c25-18-5-7-20(8-6-18)31-12-2-11-26-24(28)17-3-1-4-19(15-17)27-34(29,30)21-9-10-22-23(16-21)33-14-13-32-22/h1,3-10,15-16,27H,2,11-14H2,(H,26,28). The van der Waals surface area contributed by atoms with Crippen molar-refractivity contribution in [2.45, 2.75) is 11.3 Å². The van der Waals surface area contributed by atoms with E-state index in [1.807, 2.05) is 0 Å². The first-order chi connectivity index (χ1) is 16.4. The molecule has 4 rings (SSSR count). The van der Waals surface area contributed by atoms with Gasteiger partial charge in [-0.3, -0.25) is 9.52 Å². The van der Waals surface area contributed by atoms with E-state index >= 15 is 0 Å². The van der Waals surface area contributed by atoms with Crippen LogP contribution in [0.2, 0.25) is 0 Å². The predicted molar refractivity (Wildman–Crippen MR) is 124 cm³/mol. The number of hydrogen-bond acceptors (Lipinski definition) is 6. The summed E-state index contributed by atoms with van der Waals surface area (Å²) in [6.07, 6.45) is 0.541. The zero-order valence-electron chi connectivity index (χ0n) is 18.1. The molecule has 0 saturated heterocycles. The van der Waals surface area contributed by atoms with Gasteiger partial charge in [0.05, 0.1) is 11.5 Å². The molecule has 0 saturated carbocycles. The first-order valence-electron chi connectivity index (χ1n) is 10.6. The average Bonchev–Trinajstić information content (AvgIpc) is 2.84. The van der Waals surface area contributed by atoms with Crippen molar-refractivity contribution in [2.24, 2.45) is 0 Å². The number of ether oxygens (including phenoxy) is 3. The Morgan fingerprint density at radius 1 is 0.971 bits per heavy atom. The maximum atomic E-state index is 12.9. The third kappa shape index (κ3) is 5.96. The van der Waals surface area contributed by atoms with E-state index in [-0.39, 0.29) is 22.3 Å². The molecular formula is C24H23FN2O6S. The topological polar surface area (TPSA) is 103 Å². The highest BCUT2D eigenvalue weighted by atomic mass is 32.2.